The molecule has 0 aliphatic carbocycles. The number of methoxy groups -OCH3 is 3. The molecular formula is C25H25ClN2O4. The lowest BCUT2D eigenvalue weighted by molar-refractivity contribution is -0.146. The smallest absolute Gasteiger partial charge is 0.338 e. The van der Waals surface area contributed by atoms with Crippen LogP contribution in [0.2, 0.25) is 5.02 Å². The van der Waals surface area contributed by atoms with Crippen molar-refractivity contribution in [2.24, 2.45) is 0 Å². The highest BCUT2D eigenvalue weighted by Gasteiger charge is 2.53. The van der Waals surface area contributed by atoms with Crippen LogP contribution in [0.25, 0.3) is 0 Å². The van der Waals surface area contributed by atoms with Crippen LogP contribution in [0.4, 0.5) is 11.4 Å². The van der Waals surface area contributed by atoms with Crippen LogP contribution < -0.4 is 19.3 Å². The number of carbonyl (C=O) groups is 1. The predicted molar refractivity (Wildman–Crippen MR) is 126 cm³/mol. The maximum Gasteiger partial charge on any atom is 0.338 e. The summed E-state index contributed by atoms with van der Waals surface area (Å²) >= 11 is 6.34. The minimum Gasteiger partial charge on any atom is -0.497 e. The molecule has 1 aliphatic rings. The number of benzene rings is 3. The maximum absolute atomic E-state index is 13.5. The highest BCUT2D eigenvalue weighted by Crippen LogP contribution is 2.42. The molecule has 0 saturated carbocycles. The fourth-order valence-corrected chi connectivity index (χ4v) is 4.38. The van der Waals surface area contributed by atoms with Crippen molar-refractivity contribution in [3.8, 4) is 11.5 Å². The van der Waals surface area contributed by atoms with Gasteiger partial charge in [-0.15, -0.1) is 0 Å². The lowest BCUT2D eigenvalue weighted by atomic mass is 9.88. The maximum atomic E-state index is 13.5. The van der Waals surface area contributed by atoms with E-state index in [1.807, 2.05) is 71.6 Å². The molecule has 0 aromatic heterocycles. The SMILES string of the molecule is COC(=O)C1(c2cccc(Cl)c2)CN(c2ccc(OC)cc2)CN1c1ccc(OC)cc1. The molecule has 166 valence electrons. The lowest BCUT2D eigenvalue weighted by Crippen LogP contribution is -2.51. The van der Waals surface area contributed by atoms with Gasteiger partial charge in [0, 0.05) is 16.4 Å². The Bertz CT molecular complexity index is 1090. The third-order valence-corrected chi connectivity index (χ3v) is 6.07. The number of hydrogen-bond donors (Lipinski definition) is 0. The molecule has 1 atom stereocenters. The van der Waals surface area contributed by atoms with E-state index in [1.165, 1.54) is 7.11 Å². The second kappa shape index (κ2) is 9.01. The Morgan fingerprint density at radius 1 is 0.875 bits per heavy atom. The molecule has 1 unspecified atom stereocenters. The van der Waals surface area contributed by atoms with Gasteiger partial charge in [-0.1, -0.05) is 23.7 Å². The van der Waals surface area contributed by atoms with Gasteiger partial charge in [-0.3, -0.25) is 0 Å². The van der Waals surface area contributed by atoms with Crippen LogP contribution in [0.15, 0.2) is 72.8 Å². The topological polar surface area (TPSA) is 51.2 Å². The molecule has 6 nitrogen and oxygen atoms in total. The normalized spacial score (nSPS) is 17.9. The molecule has 0 amide bonds. The van der Waals surface area contributed by atoms with E-state index in [0.29, 0.717) is 18.2 Å². The minimum absolute atomic E-state index is 0.355. The third-order valence-electron chi connectivity index (χ3n) is 5.84. The van der Waals surface area contributed by atoms with Gasteiger partial charge in [-0.05, 0) is 66.2 Å². The van der Waals surface area contributed by atoms with E-state index >= 15 is 0 Å². The first-order valence-corrected chi connectivity index (χ1v) is 10.5. The molecule has 1 heterocycles. The third kappa shape index (κ3) is 3.82. The number of esters is 1. The molecule has 7 heteroatoms. The summed E-state index contributed by atoms with van der Waals surface area (Å²) < 4.78 is 16.0. The van der Waals surface area contributed by atoms with Gasteiger partial charge in [0.1, 0.15) is 11.5 Å². The van der Waals surface area contributed by atoms with Crippen LogP contribution in [0.1, 0.15) is 5.56 Å². The van der Waals surface area contributed by atoms with Crippen LogP contribution >= 0.6 is 11.6 Å². The highest BCUT2D eigenvalue weighted by atomic mass is 35.5. The van der Waals surface area contributed by atoms with E-state index in [2.05, 4.69) is 4.90 Å². The van der Waals surface area contributed by atoms with Crippen LogP contribution in [0.5, 0.6) is 11.5 Å². The van der Waals surface area contributed by atoms with E-state index < -0.39 is 5.54 Å². The Hall–Kier alpha value is -3.38. The van der Waals surface area contributed by atoms with Gasteiger partial charge in [0.05, 0.1) is 34.5 Å². The van der Waals surface area contributed by atoms with Gasteiger partial charge < -0.3 is 24.0 Å². The Balaban J connectivity index is 1.85. The van der Waals surface area contributed by atoms with Crippen molar-refractivity contribution in [2.75, 3.05) is 44.3 Å². The predicted octanol–water partition coefficient (Wildman–Crippen LogP) is 4.71. The second-order valence-electron chi connectivity index (χ2n) is 7.53. The van der Waals surface area contributed by atoms with E-state index in [4.69, 9.17) is 25.8 Å². The van der Waals surface area contributed by atoms with E-state index in [-0.39, 0.29) is 5.97 Å². The quantitative estimate of drug-likeness (QED) is 0.505. The summed E-state index contributed by atoms with van der Waals surface area (Å²) in [5, 5.41) is 0.559. The van der Waals surface area contributed by atoms with Crippen molar-refractivity contribution in [3.63, 3.8) is 0 Å². The van der Waals surface area contributed by atoms with Gasteiger partial charge in [-0.2, -0.15) is 0 Å². The van der Waals surface area contributed by atoms with Crippen LogP contribution in [0.3, 0.4) is 0 Å². The molecule has 1 aliphatic heterocycles. The van der Waals surface area contributed by atoms with Crippen molar-refractivity contribution >= 4 is 28.9 Å². The first-order chi connectivity index (χ1) is 15.5. The molecule has 1 saturated heterocycles. The van der Waals surface area contributed by atoms with Gasteiger partial charge in [0.25, 0.3) is 0 Å². The van der Waals surface area contributed by atoms with E-state index in [1.54, 1.807) is 20.3 Å². The molecule has 0 N–H and O–H groups in total. The molecule has 4 rings (SSSR count). The number of nitrogens with zero attached hydrogens (tertiary/aromatic N) is 2. The van der Waals surface area contributed by atoms with Crippen molar-refractivity contribution in [3.05, 3.63) is 83.4 Å². The number of anilines is 2. The summed E-state index contributed by atoms with van der Waals surface area (Å²) in [7, 11) is 4.68. The number of carbonyl (C=O) groups excluding carboxylic acids is 1. The van der Waals surface area contributed by atoms with Crippen molar-refractivity contribution in [1.29, 1.82) is 0 Å². The largest absolute Gasteiger partial charge is 0.497 e. The zero-order valence-electron chi connectivity index (χ0n) is 18.2. The van der Waals surface area contributed by atoms with Crippen molar-refractivity contribution < 1.29 is 19.0 Å². The highest BCUT2D eigenvalue weighted by molar-refractivity contribution is 6.30. The van der Waals surface area contributed by atoms with Crippen LogP contribution in [-0.4, -0.2) is 40.5 Å². The fraction of sp³-hybridized carbons (Fsp3) is 0.240. The van der Waals surface area contributed by atoms with Gasteiger partial charge >= 0.3 is 5.97 Å². The van der Waals surface area contributed by atoms with Crippen molar-refractivity contribution in [1.82, 2.24) is 0 Å². The first-order valence-electron chi connectivity index (χ1n) is 10.2. The van der Waals surface area contributed by atoms with E-state index in [0.717, 1.165) is 28.4 Å². The van der Waals surface area contributed by atoms with Gasteiger partial charge in [0.2, 0.25) is 0 Å². The van der Waals surface area contributed by atoms with Crippen LogP contribution in [0, 0.1) is 0 Å². The Morgan fingerprint density at radius 2 is 1.47 bits per heavy atom. The average Bonchev–Trinajstić information content (AvgIpc) is 3.25. The number of halogens is 1. The molecule has 1 fully saturated rings. The summed E-state index contributed by atoms with van der Waals surface area (Å²) in [6, 6.07) is 22.8. The first kappa shape index (κ1) is 21.8. The summed E-state index contributed by atoms with van der Waals surface area (Å²) in [5.41, 5.74) is 1.52. The standard InChI is InChI=1S/C25H25ClN2O4/c1-30-22-11-7-20(8-12-22)27-16-25(24(29)32-3,18-5-4-6-19(26)15-18)28(17-27)21-9-13-23(31-2)14-10-21/h4-15H,16-17H2,1-3H3. The molecule has 0 bridgehead atoms. The second-order valence-corrected chi connectivity index (χ2v) is 7.96. The number of ether oxygens (including phenoxy) is 3. The lowest BCUT2D eigenvalue weighted by Gasteiger charge is -2.36. The summed E-state index contributed by atoms with van der Waals surface area (Å²) in [4.78, 5) is 17.6. The molecule has 0 spiro atoms. The van der Waals surface area contributed by atoms with Crippen LogP contribution in [-0.2, 0) is 15.1 Å². The molecule has 3 aromatic carbocycles. The minimum atomic E-state index is -1.09. The Labute approximate surface area is 192 Å². The molecule has 0 radical (unpaired) electrons. The monoisotopic (exact) mass is 452 g/mol. The van der Waals surface area contributed by atoms with E-state index in [9.17, 15) is 4.79 Å². The molecule has 3 aromatic rings. The fourth-order valence-electron chi connectivity index (χ4n) is 4.19. The summed E-state index contributed by atoms with van der Waals surface area (Å²) in [5.74, 6) is 1.16. The zero-order chi connectivity index (χ0) is 22.7. The summed E-state index contributed by atoms with van der Waals surface area (Å²) in [6.45, 7) is 0.860. The average molecular weight is 453 g/mol. The molecular weight excluding hydrogens is 428 g/mol. The Kier molecular flexibility index (Phi) is 6.15. The molecule has 32 heavy (non-hydrogen) atoms. The number of rotatable bonds is 6. The Morgan fingerprint density at radius 3 is 2.00 bits per heavy atom. The van der Waals surface area contributed by atoms with Crippen molar-refractivity contribution in [2.45, 2.75) is 5.54 Å². The number of hydrogen-bond acceptors (Lipinski definition) is 6. The van der Waals surface area contributed by atoms with Gasteiger partial charge in [0.15, 0.2) is 5.54 Å². The zero-order valence-corrected chi connectivity index (χ0v) is 19.0. The summed E-state index contributed by atoms with van der Waals surface area (Å²) in [6.07, 6.45) is 0. The van der Waals surface area contributed by atoms with Gasteiger partial charge in [-0.25, -0.2) is 4.79 Å².